The minimum atomic E-state index is -1.56. The molecule has 1 aliphatic heterocycles. The summed E-state index contributed by atoms with van der Waals surface area (Å²) in [6.07, 6.45) is 6.10. The Labute approximate surface area is 135 Å². The summed E-state index contributed by atoms with van der Waals surface area (Å²) in [6, 6.07) is 6.89. The second-order valence-corrected chi connectivity index (χ2v) is 5.74. The van der Waals surface area contributed by atoms with Gasteiger partial charge >= 0.3 is 5.97 Å². The van der Waals surface area contributed by atoms with Gasteiger partial charge in [-0.3, -0.25) is 4.79 Å². The third-order valence-corrected chi connectivity index (χ3v) is 4.11. The van der Waals surface area contributed by atoms with E-state index in [9.17, 15) is 9.59 Å². The average molecular weight is 310 g/mol. The van der Waals surface area contributed by atoms with Crippen LogP contribution in [0.2, 0.25) is 0 Å². The van der Waals surface area contributed by atoms with Crippen molar-refractivity contribution in [2.24, 2.45) is 0 Å². The van der Waals surface area contributed by atoms with Crippen LogP contribution >= 0.6 is 0 Å². The van der Waals surface area contributed by atoms with E-state index in [0.717, 1.165) is 31.3 Å². The number of esters is 1. The highest BCUT2D eigenvalue weighted by Gasteiger charge is 2.47. The van der Waals surface area contributed by atoms with Crippen LogP contribution in [0.4, 0.5) is 0 Å². The first-order chi connectivity index (χ1) is 11.1. The van der Waals surface area contributed by atoms with Crippen LogP contribution in [0.25, 0.3) is 0 Å². The standard InChI is InChI=1S/C19H18O4/c1-22-18(21)19(12-11-14-7-3-2-4-8-14)13-16(20)15-9-5-6-10-17(15)23-19/h5-7,9-10H,2-4,8,13H2,1H3/t19-/m0/s1. The summed E-state index contributed by atoms with van der Waals surface area (Å²) < 4.78 is 10.7. The smallest absolute Gasteiger partial charge is 0.363 e. The molecule has 0 spiro atoms. The zero-order valence-electron chi connectivity index (χ0n) is 13.1. The van der Waals surface area contributed by atoms with Crippen LogP contribution in [0.15, 0.2) is 35.9 Å². The van der Waals surface area contributed by atoms with Crippen LogP contribution in [-0.4, -0.2) is 24.5 Å². The minimum absolute atomic E-state index is 0.128. The van der Waals surface area contributed by atoms with Crippen molar-refractivity contribution in [2.75, 3.05) is 7.11 Å². The second-order valence-electron chi connectivity index (χ2n) is 5.74. The van der Waals surface area contributed by atoms with Crippen molar-refractivity contribution in [3.05, 3.63) is 41.5 Å². The first-order valence-electron chi connectivity index (χ1n) is 7.76. The predicted octanol–water partition coefficient (Wildman–Crippen LogP) is 3.07. The van der Waals surface area contributed by atoms with E-state index in [-0.39, 0.29) is 12.2 Å². The Bertz CT molecular complexity index is 735. The lowest BCUT2D eigenvalue weighted by atomic mass is 9.89. The largest absolute Gasteiger partial charge is 0.465 e. The highest BCUT2D eigenvalue weighted by atomic mass is 16.6. The fraction of sp³-hybridized carbons (Fsp3) is 0.368. The number of benzene rings is 1. The van der Waals surface area contributed by atoms with Gasteiger partial charge < -0.3 is 9.47 Å². The van der Waals surface area contributed by atoms with Gasteiger partial charge in [-0.15, -0.1) is 0 Å². The Balaban J connectivity index is 1.99. The van der Waals surface area contributed by atoms with Gasteiger partial charge in [0, 0.05) is 0 Å². The number of methoxy groups -OCH3 is 1. The molecule has 0 bridgehead atoms. The predicted molar refractivity (Wildman–Crippen MR) is 85.1 cm³/mol. The lowest BCUT2D eigenvalue weighted by Gasteiger charge is -2.31. The van der Waals surface area contributed by atoms with Gasteiger partial charge in [0.05, 0.1) is 19.1 Å². The summed E-state index contributed by atoms with van der Waals surface area (Å²) >= 11 is 0. The average Bonchev–Trinajstić information content (AvgIpc) is 2.60. The number of fused-ring (bicyclic) bond motifs is 1. The molecule has 0 radical (unpaired) electrons. The van der Waals surface area contributed by atoms with Crippen LogP contribution in [0.3, 0.4) is 0 Å². The molecule has 0 aromatic heterocycles. The maximum absolute atomic E-state index is 12.4. The van der Waals surface area contributed by atoms with Crippen LogP contribution < -0.4 is 4.74 Å². The summed E-state index contributed by atoms with van der Waals surface area (Å²) in [7, 11) is 1.28. The zero-order valence-corrected chi connectivity index (χ0v) is 13.1. The monoisotopic (exact) mass is 310 g/mol. The van der Waals surface area contributed by atoms with Gasteiger partial charge in [-0.1, -0.05) is 24.1 Å². The minimum Gasteiger partial charge on any atom is -0.465 e. The Morgan fingerprint density at radius 1 is 1.30 bits per heavy atom. The normalized spacial score (nSPS) is 22.8. The first-order valence-corrected chi connectivity index (χ1v) is 7.76. The van der Waals surface area contributed by atoms with Gasteiger partial charge in [-0.05, 0) is 49.3 Å². The molecule has 1 aliphatic carbocycles. The van der Waals surface area contributed by atoms with Crippen molar-refractivity contribution in [3.8, 4) is 17.6 Å². The van der Waals surface area contributed by atoms with Crippen LogP contribution in [0.1, 0.15) is 42.5 Å². The number of ketones is 1. The molecule has 4 heteroatoms. The van der Waals surface area contributed by atoms with Gasteiger partial charge in [0.1, 0.15) is 5.75 Å². The van der Waals surface area contributed by atoms with Gasteiger partial charge in [0.15, 0.2) is 5.78 Å². The van der Waals surface area contributed by atoms with Crippen LogP contribution in [0.5, 0.6) is 5.75 Å². The highest BCUT2D eigenvalue weighted by Crippen LogP contribution is 2.34. The zero-order chi connectivity index (χ0) is 16.3. The number of ether oxygens (including phenoxy) is 2. The van der Waals surface area contributed by atoms with E-state index < -0.39 is 11.6 Å². The Morgan fingerprint density at radius 3 is 2.87 bits per heavy atom. The van der Waals surface area contributed by atoms with Gasteiger partial charge in [-0.2, -0.15) is 0 Å². The van der Waals surface area contributed by atoms with Crippen LogP contribution in [-0.2, 0) is 9.53 Å². The van der Waals surface area contributed by atoms with E-state index in [2.05, 4.69) is 17.9 Å². The Hall–Kier alpha value is -2.54. The molecule has 0 saturated carbocycles. The van der Waals surface area contributed by atoms with E-state index in [0.29, 0.717) is 11.3 Å². The number of para-hydroxylation sites is 1. The maximum atomic E-state index is 12.4. The molecule has 0 amide bonds. The Morgan fingerprint density at radius 2 is 2.13 bits per heavy atom. The van der Waals surface area contributed by atoms with Crippen molar-refractivity contribution in [2.45, 2.75) is 37.7 Å². The van der Waals surface area contributed by atoms with Gasteiger partial charge in [0.25, 0.3) is 5.60 Å². The fourth-order valence-electron chi connectivity index (χ4n) is 2.86. The molecule has 0 fully saturated rings. The molecule has 0 unspecified atom stereocenters. The molecule has 3 rings (SSSR count). The molecule has 1 atom stereocenters. The molecule has 118 valence electrons. The molecule has 4 nitrogen and oxygen atoms in total. The number of allylic oxidation sites excluding steroid dienone is 2. The van der Waals surface area contributed by atoms with Crippen molar-refractivity contribution < 1.29 is 19.1 Å². The topological polar surface area (TPSA) is 52.6 Å². The van der Waals surface area contributed by atoms with Crippen LogP contribution in [0, 0.1) is 11.8 Å². The number of carbonyl (C=O) groups excluding carboxylic acids is 2. The number of Topliss-reactive ketones (excluding diaryl/α,β-unsaturated/α-hetero) is 1. The molecular weight excluding hydrogens is 292 g/mol. The summed E-state index contributed by atoms with van der Waals surface area (Å²) in [5.41, 5.74) is -0.0847. The lowest BCUT2D eigenvalue weighted by Crippen LogP contribution is -2.48. The number of hydrogen-bond acceptors (Lipinski definition) is 4. The number of hydrogen-bond donors (Lipinski definition) is 0. The van der Waals surface area contributed by atoms with E-state index in [1.807, 2.05) is 0 Å². The number of carbonyl (C=O) groups is 2. The molecule has 1 aromatic rings. The number of rotatable bonds is 1. The second kappa shape index (κ2) is 6.29. The summed E-state index contributed by atoms with van der Waals surface area (Å²) in [6.45, 7) is 0. The Kier molecular flexibility index (Phi) is 4.20. The molecule has 23 heavy (non-hydrogen) atoms. The van der Waals surface area contributed by atoms with Crippen molar-refractivity contribution >= 4 is 11.8 Å². The van der Waals surface area contributed by atoms with E-state index in [4.69, 9.17) is 9.47 Å². The third kappa shape index (κ3) is 3.00. The summed E-state index contributed by atoms with van der Waals surface area (Å²) in [5.74, 6) is 5.50. The lowest BCUT2D eigenvalue weighted by molar-refractivity contribution is -0.154. The SMILES string of the molecule is COC(=O)[C@]1(C#CC2=CCCCC2)CC(=O)c2ccccc2O1. The fourth-order valence-corrected chi connectivity index (χ4v) is 2.86. The van der Waals surface area contributed by atoms with E-state index in [1.165, 1.54) is 7.11 Å². The van der Waals surface area contributed by atoms with E-state index >= 15 is 0 Å². The quantitative estimate of drug-likeness (QED) is 0.591. The summed E-state index contributed by atoms with van der Waals surface area (Å²) in [4.78, 5) is 24.7. The van der Waals surface area contributed by atoms with Gasteiger partial charge in [-0.25, -0.2) is 4.79 Å². The maximum Gasteiger partial charge on any atom is 0.363 e. The molecule has 0 saturated heterocycles. The first kappa shape index (κ1) is 15.4. The van der Waals surface area contributed by atoms with E-state index in [1.54, 1.807) is 24.3 Å². The molecule has 1 heterocycles. The van der Waals surface area contributed by atoms with Crippen molar-refractivity contribution in [1.29, 1.82) is 0 Å². The third-order valence-electron chi connectivity index (χ3n) is 4.11. The molecule has 0 N–H and O–H groups in total. The highest BCUT2D eigenvalue weighted by molar-refractivity contribution is 6.05. The molecule has 1 aromatic carbocycles. The van der Waals surface area contributed by atoms with Crippen molar-refractivity contribution in [3.63, 3.8) is 0 Å². The molecule has 2 aliphatic rings. The van der Waals surface area contributed by atoms with Crippen molar-refractivity contribution in [1.82, 2.24) is 0 Å². The molecular formula is C19H18O4. The van der Waals surface area contributed by atoms with Gasteiger partial charge in [0.2, 0.25) is 0 Å². The summed E-state index contributed by atoms with van der Waals surface area (Å²) in [5, 5.41) is 0.